The quantitative estimate of drug-likeness (QED) is 0.316. The summed E-state index contributed by atoms with van der Waals surface area (Å²) in [5.74, 6) is -0.875. The van der Waals surface area contributed by atoms with Gasteiger partial charge in [0.15, 0.2) is 29.6 Å². The molecule has 2 aromatic rings. The van der Waals surface area contributed by atoms with Crippen LogP contribution in [0.4, 0.5) is 10.5 Å². The standard InChI is InChI=1S/C23H19BrN2O9/c1-3-32-17-7-12(15(24)9-19(17)33-10-20(27)31-2)6-14-21(28)25-23(30)26(22(14)29)13-4-5-16-18(8-13)35-11-34-16/h4-9H,3,10-11H2,1-2H3,(H,25,28,30)/b14-6+. The van der Waals surface area contributed by atoms with E-state index in [1.54, 1.807) is 13.0 Å². The fourth-order valence-corrected chi connectivity index (χ4v) is 3.75. The molecule has 0 bridgehead atoms. The Balaban J connectivity index is 1.68. The van der Waals surface area contributed by atoms with Gasteiger partial charge < -0.3 is 23.7 Å². The van der Waals surface area contributed by atoms with Gasteiger partial charge in [-0.2, -0.15) is 0 Å². The van der Waals surface area contributed by atoms with Crippen molar-refractivity contribution in [3.8, 4) is 23.0 Å². The first kappa shape index (κ1) is 24.1. The zero-order chi connectivity index (χ0) is 25.1. The lowest BCUT2D eigenvalue weighted by molar-refractivity contribution is -0.143. The molecular weight excluding hydrogens is 528 g/mol. The van der Waals surface area contributed by atoms with Gasteiger partial charge >= 0.3 is 12.0 Å². The van der Waals surface area contributed by atoms with E-state index in [1.807, 2.05) is 0 Å². The molecule has 2 aliphatic heterocycles. The molecular formula is C23H19BrN2O9. The van der Waals surface area contributed by atoms with E-state index in [0.717, 1.165) is 4.90 Å². The van der Waals surface area contributed by atoms with Crippen LogP contribution in [0.2, 0.25) is 0 Å². The number of anilines is 1. The summed E-state index contributed by atoms with van der Waals surface area (Å²) in [4.78, 5) is 50.6. The lowest BCUT2D eigenvalue weighted by Gasteiger charge is -2.26. The van der Waals surface area contributed by atoms with Crippen LogP contribution in [0.25, 0.3) is 6.08 Å². The Hall–Kier alpha value is -4.06. The highest BCUT2D eigenvalue weighted by molar-refractivity contribution is 9.10. The van der Waals surface area contributed by atoms with E-state index in [2.05, 4.69) is 26.0 Å². The molecule has 35 heavy (non-hydrogen) atoms. The van der Waals surface area contributed by atoms with Gasteiger partial charge in [-0.25, -0.2) is 14.5 Å². The summed E-state index contributed by atoms with van der Waals surface area (Å²) in [7, 11) is 1.24. The van der Waals surface area contributed by atoms with Gasteiger partial charge in [-0.05, 0) is 42.8 Å². The number of rotatable bonds is 7. The van der Waals surface area contributed by atoms with Crippen LogP contribution in [-0.4, -0.2) is 50.9 Å². The normalized spacial score (nSPS) is 15.8. The predicted molar refractivity (Wildman–Crippen MR) is 124 cm³/mol. The van der Waals surface area contributed by atoms with Gasteiger partial charge in [-0.1, -0.05) is 15.9 Å². The Morgan fingerprint density at radius 2 is 1.86 bits per heavy atom. The maximum Gasteiger partial charge on any atom is 0.343 e. The second-order valence-electron chi connectivity index (χ2n) is 7.11. The lowest BCUT2D eigenvalue weighted by Crippen LogP contribution is -2.54. The number of esters is 1. The molecule has 2 heterocycles. The molecule has 0 aliphatic carbocycles. The van der Waals surface area contributed by atoms with Crippen LogP contribution >= 0.6 is 15.9 Å². The number of imide groups is 2. The third-order valence-corrected chi connectivity index (χ3v) is 5.64. The highest BCUT2D eigenvalue weighted by Crippen LogP contribution is 2.38. The molecule has 2 aliphatic rings. The summed E-state index contributed by atoms with van der Waals surface area (Å²) in [5, 5.41) is 2.17. The molecule has 0 spiro atoms. The number of carbonyl (C=O) groups excluding carboxylic acids is 4. The fraction of sp³-hybridized carbons (Fsp3) is 0.217. The van der Waals surface area contributed by atoms with Crippen LogP contribution in [0.15, 0.2) is 40.4 Å². The van der Waals surface area contributed by atoms with Crippen LogP contribution in [0.5, 0.6) is 23.0 Å². The Morgan fingerprint density at radius 1 is 1.11 bits per heavy atom. The van der Waals surface area contributed by atoms with E-state index in [0.29, 0.717) is 21.5 Å². The summed E-state index contributed by atoms with van der Waals surface area (Å²) in [6.07, 6.45) is 1.32. The average molecular weight is 547 g/mol. The van der Waals surface area contributed by atoms with Crippen LogP contribution in [0.1, 0.15) is 12.5 Å². The minimum absolute atomic E-state index is 0.0259. The number of nitrogens with zero attached hydrogens (tertiary/aromatic N) is 1. The first-order chi connectivity index (χ1) is 16.8. The van der Waals surface area contributed by atoms with Crippen molar-refractivity contribution in [2.45, 2.75) is 6.92 Å². The van der Waals surface area contributed by atoms with Crippen LogP contribution < -0.4 is 29.2 Å². The predicted octanol–water partition coefficient (Wildman–Crippen LogP) is 2.79. The second-order valence-corrected chi connectivity index (χ2v) is 7.97. The highest BCUT2D eigenvalue weighted by Gasteiger charge is 2.37. The topological polar surface area (TPSA) is 130 Å². The fourth-order valence-electron chi connectivity index (χ4n) is 3.31. The molecule has 2 aromatic carbocycles. The molecule has 4 rings (SSSR count). The lowest BCUT2D eigenvalue weighted by atomic mass is 10.1. The van der Waals surface area contributed by atoms with Crippen molar-refractivity contribution in [3.05, 3.63) is 45.9 Å². The van der Waals surface area contributed by atoms with E-state index >= 15 is 0 Å². The van der Waals surface area contributed by atoms with Gasteiger partial charge in [0.05, 0.1) is 19.4 Å². The number of hydrogen-bond donors (Lipinski definition) is 1. The molecule has 4 amide bonds. The molecule has 1 fully saturated rings. The van der Waals surface area contributed by atoms with E-state index in [-0.39, 0.29) is 42.8 Å². The zero-order valence-corrected chi connectivity index (χ0v) is 20.2. The van der Waals surface area contributed by atoms with Crippen LogP contribution in [0.3, 0.4) is 0 Å². The molecule has 11 nitrogen and oxygen atoms in total. The Labute approximate surface area is 207 Å². The maximum absolute atomic E-state index is 13.2. The summed E-state index contributed by atoms with van der Waals surface area (Å²) >= 11 is 3.38. The van der Waals surface area contributed by atoms with E-state index < -0.39 is 23.8 Å². The third kappa shape index (κ3) is 4.92. The maximum atomic E-state index is 13.2. The van der Waals surface area contributed by atoms with Crippen molar-refractivity contribution in [2.75, 3.05) is 32.0 Å². The summed E-state index contributed by atoms with van der Waals surface area (Å²) < 4.78 is 26.6. The second kappa shape index (κ2) is 10.1. The smallest absolute Gasteiger partial charge is 0.343 e. The molecule has 182 valence electrons. The highest BCUT2D eigenvalue weighted by atomic mass is 79.9. The van der Waals surface area contributed by atoms with Gasteiger partial charge in [-0.3, -0.25) is 14.9 Å². The Bertz CT molecular complexity index is 1260. The van der Waals surface area contributed by atoms with Gasteiger partial charge in [0.2, 0.25) is 6.79 Å². The van der Waals surface area contributed by atoms with Crippen LogP contribution in [-0.2, 0) is 19.1 Å². The van der Waals surface area contributed by atoms with E-state index in [9.17, 15) is 19.2 Å². The minimum Gasteiger partial charge on any atom is -0.490 e. The molecule has 1 N–H and O–H groups in total. The number of carbonyl (C=O) groups is 4. The monoisotopic (exact) mass is 546 g/mol. The molecule has 1 saturated heterocycles. The molecule has 0 saturated carbocycles. The van der Waals surface area contributed by atoms with Gasteiger partial charge in [0.25, 0.3) is 11.8 Å². The number of urea groups is 1. The zero-order valence-electron chi connectivity index (χ0n) is 18.6. The molecule has 0 unspecified atom stereocenters. The van der Waals surface area contributed by atoms with Crippen molar-refractivity contribution in [3.63, 3.8) is 0 Å². The number of fused-ring (bicyclic) bond motifs is 1. The number of benzene rings is 2. The Kier molecular flexibility index (Phi) is 6.92. The first-order valence-corrected chi connectivity index (χ1v) is 11.1. The third-order valence-electron chi connectivity index (χ3n) is 4.95. The van der Waals surface area contributed by atoms with Gasteiger partial charge in [-0.15, -0.1) is 0 Å². The number of ether oxygens (including phenoxy) is 5. The SMILES string of the molecule is CCOc1cc(/C=C2\C(=O)NC(=O)N(c3ccc4c(c3)OCO4)C2=O)c(Br)cc1OCC(=O)OC. The number of methoxy groups -OCH3 is 1. The molecule has 12 heteroatoms. The number of hydrogen-bond acceptors (Lipinski definition) is 9. The van der Waals surface area contributed by atoms with Crippen molar-refractivity contribution >= 4 is 51.5 Å². The minimum atomic E-state index is -0.892. The van der Waals surface area contributed by atoms with Crippen molar-refractivity contribution in [2.24, 2.45) is 0 Å². The van der Waals surface area contributed by atoms with Gasteiger partial charge in [0, 0.05) is 10.5 Å². The summed E-state index contributed by atoms with van der Waals surface area (Å²) in [6, 6.07) is 6.73. The molecule has 0 aromatic heterocycles. The van der Waals surface area contributed by atoms with Crippen LogP contribution in [0, 0.1) is 0 Å². The number of halogens is 1. The first-order valence-electron chi connectivity index (χ1n) is 10.3. The van der Waals surface area contributed by atoms with Gasteiger partial charge in [0.1, 0.15) is 5.57 Å². The van der Waals surface area contributed by atoms with E-state index in [4.69, 9.17) is 18.9 Å². The number of nitrogens with one attached hydrogen (secondary N) is 1. The van der Waals surface area contributed by atoms with Crippen molar-refractivity contribution < 1.29 is 42.9 Å². The summed E-state index contributed by atoms with van der Waals surface area (Å²) in [5.41, 5.74) is 0.321. The van der Waals surface area contributed by atoms with Crippen molar-refractivity contribution in [1.82, 2.24) is 5.32 Å². The molecule has 0 atom stereocenters. The summed E-state index contributed by atoms with van der Waals surface area (Å²) in [6.45, 7) is 1.74. The number of amides is 4. The Morgan fingerprint density at radius 3 is 2.60 bits per heavy atom. The average Bonchev–Trinajstić information content (AvgIpc) is 3.30. The largest absolute Gasteiger partial charge is 0.490 e. The van der Waals surface area contributed by atoms with Crippen molar-refractivity contribution in [1.29, 1.82) is 0 Å². The molecule has 0 radical (unpaired) electrons. The van der Waals surface area contributed by atoms with E-state index in [1.165, 1.54) is 37.5 Å². The number of barbiturate groups is 1.